The normalized spacial score (nSPS) is 15.8. The fourth-order valence-electron chi connectivity index (χ4n) is 2.67. The largest absolute Gasteiger partial charge is 0.409 e. The second-order valence-corrected chi connectivity index (χ2v) is 8.25. The minimum Gasteiger partial charge on any atom is -0.307 e. The number of benzene rings is 1. The van der Waals surface area contributed by atoms with Gasteiger partial charge in [-0.15, -0.1) is 0 Å². The molecule has 1 N–H and O–H groups in total. The molecule has 0 spiro atoms. The Morgan fingerprint density at radius 2 is 1.96 bits per heavy atom. The monoisotopic (exact) mass is 420 g/mol. The fraction of sp³-hybridized carbons (Fsp3) is 0.188. The van der Waals surface area contributed by atoms with Crippen LogP contribution >= 0.6 is 11.6 Å². The molecule has 0 amide bonds. The summed E-state index contributed by atoms with van der Waals surface area (Å²) in [4.78, 5) is 3.83. The predicted octanol–water partition coefficient (Wildman–Crippen LogP) is 4.68. The zero-order valence-electron chi connectivity index (χ0n) is 13.7. The predicted molar refractivity (Wildman–Crippen MR) is 92.3 cm³/mol. The number of hydrogen-bond acceptors (Lipinski definition) is 3. The number of hydrogen-bond donors (Lipinski definition) is 1. The molecule has 3 rings (SSSR count). The van der Waals surface area contributed by atoms with E-state index in [1.165, 1.54) is 24.5 Å². The van der Waals surface area contributed by atoms with Crippen LogP contribution in [0.2, 0.25) is 5.02 Å². The molecule has 0 fully saturated rings. The number of nitrogens with one attached hydrogen (secondary N) is 1. The van der Waals surface area contributed by atoms with Gasteiger partial charge in [0.15, 0.2) is 0 Å². The van der Waals surface area contributed by atoms with E-state index in [1.807, 2.05) is 0 Å². The van der Waals surface area contributed by atoms with Crippen LogP contribution in [-0.4, -0.2) is 31.1 Å². The number of rotatable bonds is 4. The van der Waals surface area contributed by atoms with E-state index in [2.05, 4.69) is 4.98 Å². The van der Waals surface area contributed by atoms with Gasteiger partial charge in [-0.2, -0.15) is 13.2 Å². The number of alkyl halides is 3. The Morgan fingerprint density at radius 1 is 1.26 bits per heavy atom. The van der Waals surface area contributed by atoms with Crippen LogP contribution in [0, 0.1) is 10.6 Å². The van der Waals surface area contributed by atoms with Crippen molar-refractivity contribution >= 4 is 27.2 Å². The summed E-state index contributed by atoms with van der Waals surface area (Å²) in [7, 11) is -3.14. The molecule has 0 saturated carbocycles. The van der Waals surface area contributed by atoms with Gasteiger partial charge >= 0.3 is 6.18 Å². The van der Waals surface area contributed by atoms with E-state index in [1.54, 1.807) is 10.6 Å². The van der Waals surface area contributed by atoms with Gasteiger partial charge in [-0.3, -0.25) is 0 Å². The van der Waals surface area contributed by atoms with Gasteiger partial charge in [0.2, 0.25) is 0 Å². The Balaban J connectivity index is 2.09. The molecule has 1 aromatic carbocycles. The molecule has 3 aromatic rings. The van der Waals surface area contributed by atoms with Crippen LogP contribution in [0.4, 0.5) is 17.6 Å². The first-order valence-corrected chi connectivity index (χ1v) is 9.37. The Bertz CT molecular complexity index is 1100. The Kier molecular flexibility index (Phi) is 4.91. The van der Waals surface area contributed by atoms with Gasteiger partial charge in [-0.25, -0.2) is 22.7 Å². The molecule has 0 aliphatic carbocycles. The van der Waals surface area contributed by atoms with Gasteiger partial charge < -0.3 is 4.40 Å². The Labute approximate surface area is 157 Å². The summed E-state index contributed by atoms with van der Waals surface area (Å²) in [5, 5.41) is -0.335. The number of imidazole rings is 1. The lowest BCUT2D eigenvalue weighted by Crippen LogP contribution is -2.39. The number of halogens is 5. The van der Waals surface area contributed by atoms with E-state index < -0.39 is 33.5 Å². The molecule has 144 valence electrons. The van der Waals surface area contributed by atoms with Gasteiger partial charge in [0.1, 0.15) is 27.4 Å². The molecule has 2 aromatic heterocycles. The zero-order chi connectivity index (χ0) is 20.0. The molecule has 0 saturated heterocycles. The average molecular weight is 421 g/mol. The molecule has 11 heteroatoms. The van der Waals surface area contributed by atoms with Crippen molar-refractivity contribution in [3.05, 3.63) is 65.3 Å². The summed E-state index contributed by atoms with van der Waals surface area (Å²) >= 11 is 5.54. The second kappa shape index (κ2) is 6.77. The fourth-order valence-corrected chi connectivity index (χ4v) is 4.16. The first-order valence-electron chi connectivity index (χ1n) is 7.48. The van der Waals surface area contributed by atoms with E-state index in [0.29, 0.717) is 16.0 Å². The highest BCUT2D eigenvalue weighted by Crippen LogP contribution is 2.40. The third-order valence-corrected chi connectivity index (χ3v) is 6.25. The van der Waals surface area contributed by atoms with E-state index in [0.717, 1.165) is 19.2 Å². The molecule has 0 radical (unpaired) electrons. The molecule has 2 heterocycles. The van der Waals surface area contributed by atoms with Gasteiger partial charge in [-0.05, 0) is 29.8 Å². The van der Waals surface area contributed by atoms with Crippen LogP contribution in [0.25, 0.3) is 5.65 Å². The lowest BCUT2D eigenvalue weighted by atomic mass is 10.1. The van der Waals surface area contributed by atoms with Crippen LogP contribution in [-0.2, 0) is 9.92 Å². The highest BCUT2D eigenvalue weighted by Gasteiger charge is 2.47. The van der Waals surface area contributed by atoms with Crippen molar-refractivity contribution in [2.45, 2.75) is 17.1 Å². The van der Waals surface area contributed by atoms with Crippen LogP contribution in [0.1, 0.15) is 11.6 Å². The maximum atomic E-state index is 13.7. The van der Waals surface area contributed by atoms with Crippen LogP contribution in [0.15, 0.2) is 53.8 Å². The minimum absolute atomic E-state index is 0.146. The molecular formula is C16H13ClF4N4OS. The van der Waals surface area contributed by atoms with Crippen molar-refractivity contribution in [3.63, 3.8) is 0 Å². The standard InChI is InChI=1S/C16H13ClF4N4OS/c1-24(15(16(19,20)21)10-2-3-12(17)13(18)8-10)27(22,26)11-4-6-25-7-5-23-14(25)9-11/h2-9,15,22H,1H3/t15-,27?/m1/s1. The van der Waals surface area contributed by atoms with Gasteiger partial charge in [-0.1, -0.05) is 17.7 Å². The van der Waals surface area contributed by atoms with E-state index in [9.17, 15) is 21.8 Å². The molecule has 2 atom stereocenters. The van der Waals surface area contributed by atoms with Gasteiger partial charge in [0.25, 0.3) is 0 Å². The van der Waals surface area contributed by atoms with E-state index >= 15 is 0 Å². The summed E-state index contributed by atoms with van der Waals surface area (Å²) in [6.45, 7) is 0. The smallest absolute Gasteiger partial charge is 0.307 e. The number of pyridine rings is 1. The summed E-state index contributed by atoms with van der Waals surface area (Å²) in [5.41, 5.74) is -0.171. The van der Waals surface area contributed by atoms with Crippen molar-refractivity contribution in [1.82, 2.24) is 13.7 Å². The molecule has 5 nitrogen and oxygen atoms in total. The first-order chi connectivity index (χ1) is 12.5. The van der Waals surface area contributed by atoms with Crippen molar-refractivity contribution in [3.8, 4) is 0 Å². The van der Waals surface area contributed by atoms with E-state index in [4.69, 9.17) is 16.4 Å². The number of aromatic nitrogens is 2. The molecule has 1 unspecified atom stereocenters. The van der Waals surface area contributed by atoms with E-state index in [-0.39, 0.29) is 9.92 Å². The SMILES string of the molecule is CN([C@H](c1ccc(Cl)c(F)c1)C(F)(F)F)S(=N)(=O)c1ccn2ccnc2c1. The highest BCUT2D eigenvalue weighted by molar-refractivity contribution is 7.90. The van der Waals surface area contributed by atoms with Gasteiger partial charge in [0, 0.05) is 25.6 Å². The van der Waals surface area contributed by atoms with Crippen LogP contribution < -0.4 is 0 Å². The van der Waals surface area contributed by atoms with Gasteiger partial charge in [0.05, 0.1) is 9.92 Å². The minimum atomic E-state index is -4.91. The Hall–Kier alpha value is -2.17. The van der Waals surface area contributed by atoms with Crippen molar-refractivity contribution in [2.24, 2.45) is 0 Å². The third-order valence-electron chi connectivity index (χ3n) is 4.03. The molecule has 27 heavy (non-hydrogen) atoms. The maximum Gasteiger partial charge on any atom is 0.409 e. The first kappa shape index (κ1) is 19.6. The summed E-state index contributed by atoms with van der Waals surface area (Å²) in [6.07, 6.45) is -0.395. The van der Waals surface area contributed by atoms with Crippen molar-refractivity contribution < 1.29 is 21.8 Å². The number of fused-ring (bicyclic) bond motifs is 1. The van der Waals surface area contributed by atoms with Crippen molar-refractivity contribution in [2.75, 3.05) is 7.05 Å². The highest BCUT2D eigenvalue weighted by atomic mass is 35.5. The second-order valence-electron chi connectivity index (χ2n) is 5.74. The summed E-state index contributed by atoms with van der Waals surface area (Å²) in [5.74, 6) is -1.04. The van der Waals surface area contributed by atoms with Crippen molar-refractivity contribution in [1.29, 1.82) is 4.78 Å². The average Bonchev–Trinajstić information content (AvgIpc) is 3.04. The molecular weight excluding hydrogens is 408 g/mol. The number of nitrogens with zero attached hydrogens (tertiary/aromatic N) is 3. The van der Waals surface area contributed by atoms with Crippen LogP contribution in [0.5, 0.6) is 0 Å². The molecule has 0 bridgehead atoms. The Morgan fingerprint density at radius 3 is 2.59 bits per heavy atom. The molecule has 0 aliphatic heterocycles. The molecule has 0 aliphatic rings. The topological polar surface area (TPSA) is 61.5 Å². The lowest BCUT2D eigenvalue weighted by molar-refractivity contribution is -0.170. The third kappa shape index (κ3) is 3.64. The summed E-state index contributed by atoms with van der Waals surface area (Å²) < 4.78 is 77.9. The summed E-state index contributed by atoms with van der Waals surface area (Å²) in [6, 6.07) is 2.71. The van der Waals surface area contributed by atoms with Crippen LogP contribution in [0.3, 0.4) is 0 Å². The lowest BCUT2D eigenvalue weighted by Gasteiger charge is -2.31. The quantitative estimate of drug-likeness (QED) is 0.623. The zero-order valence-corrected chi connectivity index (χ0v) is 15.3. The maximum absolute atomic E-state index is 13.7.